The van der Waals surface area contributed by atoms with Crippen LogP contribution in [0.4, 0.5) is 5.69 Å². The van der Waals surface area contributed by atoms with Crippen LogP contribution in [0.1, 0.15) is 42.5 Å². The number of nitrogens with one attached hydrogen (secondary N) is 1. The molecule has 0 radical (unpaired) electrons. The first kappa shape index (κ1) is 31.2. The number of hydrogen-bond donors (Lipinski definition) is 1. The van der Waals surface area contributed by atoms with Gasteiger partial charge in [0.2, 0.25) is 21.8 Å². The van der Waals surface area contributed by atoms with Crippen molar-refractivity contribution in [2.45, 2.75) is 59.2 Å². The van der Waals surface area contributed by atoms with Gasteiger partial charge < -0.3 is 10.2 Å². The van der Waals surface area contributed by atoms with Crippen LogP contribution < -0.4 is 9.62 Å². The fourth-order valence-electron chi connectivity index (χ4n) is 4.54. The van der Waals surface area contributed by atoms with Gasteiger partial charge in [0.25, 0.3) is 0 Å². The van der Waals surface area contributed by atoms with Gasteiger partial charge in [-0.25, -0.2) is 8.42 Å². The lowest BCUT2D eigenvalue weighted by Gasteiger charge is -2.34. The highest BCUT2D eigenvalue weighted by molar-refractivity contribution is 7.92. The largest absolute Gasteiger partial charge is 0.352 e. The van der Waals surface area contributed by atoms with Crippen LogP contribution in [0.2, 0.25) is 5.02 Å². The second-order valence-corrected chi connectivity index (χ2v) is 12.6. The average Bonchev–Trinajstić information content (AvgIpc) is 2.88. The van der Waals surface area contributed by atoms with Crippen molar-refractivity contribution in [1.82, 2.24) is 10.2 Å². The number of rotatable bonds is 12. The molecule has 0 saturated heterocycles. The summed E-state index contributed by atoms with van der Waals surface area (Å²) in [7, 11) is -3.82. The summed E-state index contributed by atoms with van der Waals surface area (Å²) in [5.74, 6) is -0.796. The number of sulfonamides is 1. The number of carbonyl (C=O) groups is 2. The third kappa shape index (κ3) is 8.83. The molecule has 0 bridgehead atoms. The van der Waals surface area contributed by atoms with E-state index in [1.54, 1.807) is 30.3 Å². The molecule has 3 rings (SSSR count). The Morgan fingerprint density at radius 2 is 1.55 bits per heavy atom. The first-order valence-corrected chi connectivity index (χ1v) is 15.5. The minimum Gasteiger partial charge on any atom is -0.352 e. The number of hydrogen-bond acceptors (Lipinski definition) is 4. The maximum absolute atomic E-state index is 14.1. The number of nitrogens with zero attached hydrogens (tertiary/aromatic N) is 2. The van der Waals surface area contributed by atoms with Crippen LogP contribution in [-0.2, 0) is 32.6 Å². The van der Waals surface area contributed by atoms with Gasteiger partial charge in [0.15, 0.2) is 0 Å². The molecule has 1 N–H and O–H groups in total. The molecule has 3 aromatic rings. The smallest absolute Gasteiger partial charge is 0.244 e. The van der Waals surface area contributed by atoms with Crippen molar-refractivity contribution < 1.29 is 18.0 Å². The molecule has 2 atom stereocenters. The van der Waals surface area contributed by atoms with Crippen molar-refractivity contribution in [3.05, 3.63) is 100 Å². The summed E-state index contributed by atoms with van der Waals surface area (Å²) in [5, 5.41) is 3.52. The van der Waals surface area contributed by atoms with Crippen LogP contribution in [0.3, 0.4) is 0 Å². The van der Waals surface area contributed by atoms with Crippen molar-refractivity contribution >= 4 is 39.1 Å². The molecule has 0 aliphatic rings. The van der Waals surface area contributed by atoms with Gasteiger partial charge in [0, 0.05) is 24.0 Å². The zero-order valence-corrected chi connectivity index (χ0v) is 25.3. The minimum atomic E-state index is -3.82. The molecule has 0 fully saturated rings. The highest BCUT2D eigenvalue weighted by Gasteiger charge is 2.33. The SMILES string of the molecule is CC[C@@H](C)NC(=O)[C@@H](Cc1ccccc1)N(Cc1cccc(Cl)c1)C(=O)CN(c1cc(C)cc(C)c1)S(C)(=O)=O. The summed E-state index contributed by atoms with van der Waals surface area (Å²) >= 11 is 6.25. The normalized spacial score (nSPS) is 12.8. The highest BCUT2D eigenvalue weighted by atomic mass is 35.5. The molecule has 0 unspecified atom stereocenters. The van der Waals surface area contributed by atoms with Crippen molar-refractivity contribution in [2.24, 2.45) is 0 Å². The van der Waals surface area contributed by atoms with E-state index < -0.39 is 28.5 Å². The quantitative estimate of drug-likeness (QED) is 0.314. The molecule has 0 saturated carbocycles. The van der Waals surface area contributed by atoms with Crippen molar-refractivity contribution in [3.8, 4) is 0 Å². The van der Waals surface area contributed by atoms with Crippen LogP contribution in [-0.4, -0.2) is 50.0 Å². The zero-order valence-electron chi connectivity index (χ0n) is 23.7. The van der Waals surface area contributed by atoms with E-state index in [0.29, 0.717) is 10.7 Å². The monoisotopic (exact) mass is 583 g/mol. The van der Waals surface area contributed by atoms with E-state index in [4.69, 9.17) is 11.6 Å². The lowest BCUT2D eigenvalue weighted by molar-refractivity contribution is -0.140. The number of halogens is 1. The van der Waals surface area contributed by atoms with Gasteiger partial charge in [-0.15, -0.1) is 0 Å². The molecule has 0 aliphatic heterocycles. The van der Waals surface area contributed by atoms with Gasteiger partial charge in [-0.2, -0.15) is 0 Å². The van der Waals surface area contributed by atoms with Crippen molar-refractivity contribution in [3.63, 3.8) is 0 Å². The average molecular weight is 584 g/mol. The number of aryl methyl sites for hydroxylation is 2. The molecule has 214 valence electrons. The maximum atomic E-state index is 14.1. The maximum Gasteiger partial charge on any atom is 0.244 e. The topological polar surface area (TPSA) is 86.8 Å². The first-order chi connectivity index (χ1) is 18.9. The van der Waals surface area contributed by atoms with E-state index in [-0.39, 0.29) is 24.9 Å². The van der Waals surface area contributed by atoms with E-state index >= 15 is 0 Å². The second-order valence-electron chi connectivity index (χ2n) is 10.3. The lowest BCUT2D eigenvalue weighted by Crippen LogP contribution is -2.54. The summed E-state index contributed by atoms with van der Waals surface area (Å²) < 4.78 is 27.0. The molecule has 0 heterocycles. The summed E-state index contributed by atoms with van der Waals surface area (Å²) in [6, 6.07) is 21.0. The lowest BCUT2D eigenvalue weighted by atomic mass is 10.0. The molecule has 3 aromatic carbocycles. The predicted molar refractivity (Wildman–Crippen MR) is 162 cm³/mol. The molecule has 7 nitrogen and oxygen atoms in total. The summed E-state index contributed by atoms with van der Waals surface area (Å²) in [5.41, 5.74) is 3.76. The van der Waals surface area contributed by atoms with Crippen LogP contribution in [0.25, 0.3) is 0 Å². The Balaban J connectivity index is 2.08. The molecule has 0 aliphatic carbocycles. The second kappa shape index (κ2) is 13.8. The van der Waals surface area contributed by atoms with Crippen molar-refractivity contribution in [2.75, 3.05) is 17.1 Å². The van der Waals surface area contributed by atoms with Crippen LogP contribution >= 0.6 is 11.6 Å². The third-order valence-corrected chi connectivity index (χ3v) is 8.06. The Labute approximate surface area is 243 Å². The number of benzene rings is 3. The standard InChI is InChI=1S/C31H38ClN3O4S/c1-6-24(4)33-31(37)29(19-25-11-8-7-9-12-25)34(20-26-13-10-14-27(32)18-26)30(36)21-35(40(5,38)39)28-16-22(2)15-23(3)17-28/h7-18,24,29H,6,19-21H2,1-5H3,(H,33,37)/t24-,29-/m1/s1. The van der Waals surface area contributed by atoms with E-state index in [9.17, 15) is 18.0 Å². The van der Waals surface area contributed by atoms with Gasteiger partial charge in [-0.05, 0) is 73.7 Å². The van der Waals surface area contributed by atoms with E-state index in [0.717, 1.165) is 39.2 Å². The molecular formula is C31H38ClN3O4S. The van der Waals surface area contributed by atoms with Gasteiger partial charge in [0.05, 0.1) is 11.9 Å². The van der Waals surface area contributed by atoms with Gasteiger partial charge in [-0.1, -0.05) is 67.1 Å². The highest BCUT2D eigenvalue weighted by Crippen LogP contribution is 2.23. The third-order valence-electron chi connectivity index (χ3n) is 6.69. The van der Waals surface area contributed by atoms with E-state index in [1.165, 1.54) is 4.90 Å². The fraction of sp³-hybridized carbons (Fsp3) is 0.355. The first-order valence-electron chi connectivity index (χ1n) is 13.3. The molecule has 2 amide bonds. The van der Waals surface area contributed by atoms with Crippen LogP contribution in [0.5, 0.6) is 0 Å². The Morgan fingerprint density at radius 1 is 0.925 bits per heavy atom. The Morgan fingerprint density at radius 3 is 2.12 bits per heavy atom. The number of carbonyl (C=O) groups excluding carboxylic acids is 2. The summed E-state index contributed by atoms with van der Waals surface area (Å²) in [4.78, 5) is 29.3. The molecule has 0 aromatic heterocycles. The van der Waals surface area contributed by atoms with E-state index in [2.05, 4.69) is 5.32 Å². The van der Waals surface area contributed by atoms with Gasteiger partial charge in [-0.3, -0.25) is 13.9 Å². The molecule has 40 heavy (non-hydrogen) atoms. The summed E-state index contributed by atoms with van der Waals surface area (Å²) in [6.45, 7) is 7.25. The van der Waals surface area contributed by atoms with E-state index in [1.807, 2.05) is 70.2 Å². The molecule has 0 spiro atoms. The Bertz CT molecular complexity index is 1410. The van der Waals surface area contributed by atoms with Gasteiger partial charge >= 0.3 is 0 Å². The molecular weight excluding hydrogens is 546 g/mol. The summed E-state index contributed by atoms with van der Waals surface area (Å²) in [6.07, 6.45) is 2.06. The van der Waals surface area contributed by atoms with Crippen LogP contribution in [0, 0.1) is 13.8 Å². The Kier molecular flexibility index (Phi) is 10.8. The van der Waals surface area contributed by atoms with Crippen molar-refractivity contribution in [1.29, 1.82) is 0 Å². The Hall–Kier alpha value is -3.36. The predicted octanol–water partition coefficient (Wildman–Crippen LogP) is 5.28. The number of amides is 2. The fourth-order valence-corrected chi connectivity index (χ4v) is 5.58. The van der Waals surface area contributed by atoms with Gasteiger partial charge in [0.1, 0.15) is 12.6 Å². The molecule has 9 heteroatoms. The number of anilines is 1. The zero-order chi connectivity index (χ0) is 29.4. The van der Waals surface area contributed by atoms with Crippen LogP contribution in [0.15, 0.2) is 72.8 Å². The minimum absolute atomic E-state index is 0.0786.